The number of hydrogen-bond acceptors (Lipinski definition) is 1. The van der Waals surface area contributed by atoms with Crippen LogP contribution in [0.4, 0.5) is 0 Å². The standard InChI is InChI=1S/C14H27N/c1-10(2)14-8-12-4-3-11(7-12)5-6-13(14)9-15/h10-14H,3-9,15H2,1-2H3. The van der Waals surface area contributed by atoms with E-state index < -0.39 is 0 Å². The van der Waals surface area contributed by atoms with E-state index in [-0.39, 0.29) is 0 Å². The van der Waals surface area contributed by atoms with Gasteiger partial charge in [0.2, 0.25) is 0 Å². The first-order chi connectivity index (χ1) is 7.20. The molecular weight excluding hydrogens is 182 g/mol. The Kier molecular flexibility index (Phi) is 3.71. The van der Waals surface area contributed by atoms with Gasteiger partial charge in [-0.05, 0) is 55.4 Å². The summed E-state index contributed by atoms with van der Waals surface area (Å²) in [6.07, 6.45) is 8.87. The molecule has 88 valence electrons. The Morgan fingerprint density at radius 1 is 1.00 bits per heavy atom. The molecule has 0 radical (unpaired) electrons. The van der Waals surface area contributed by atoms with Gasteiger partial charge in [-0.3, -0.25) is 0 Å². The van der Waals surface area contributed by atoms with E-state index in [1.54, 1.807) is 0 Å². The van der Waals surface area contributed by atoms with E-state index in [9.17, 15) is 0 Å². The lowest BCUT2D eigenvalue weighted by Crippen LogP contribution is -2.30. The molecule has 2 saturated carbocycles. The Bertz CT molecular complexity index is 200. The molecule has 15 heavy (non-hydrogen) atoms. The molecule has 0 saturated heterocycles. The third-order valence-corrected chi connectivity index (χ3v) is 4.97. The second-order valence-electron chi connectivity index (χ2n) is 6.26. The highest BCUT2D eigenvalue weighted by atomic mass is 14.6. The first-order valence-corrected chi connectivity index (χ1v) is 6.90. The second-order valence-corrected chi connectivity index (χ2v) is 6.26. The van der Waals surface area contributed by atoms with E-state index in [1.165, 1.54) is 38.5 Å². The molecule has 1 nitrogen and oxygen atoms in total. The molecule has 0 aromatic carbocycles. The summed E-state index contributed by atoms with van der Waals surface area (Å²) >= 11 is 0. The van der Waals surface area contributed by atoms with Gasteiger partial charge in [0.15, 0.2) is 0 Å². The minimum absolute atomic E-state index is 0.813. The zero-order valence-electron chi connectivity index (χ0n) is 10.4. The minimum atomic E-state index is 0.813. The smallest absolute Gasteiger partial charge is 0.00461 e. The first kappa shape index (κ1) is 11.4. The molecule has 2 N–H and O–H groups in total. The fourth-order valence-electron chi connectivity index (χ4n) is 4.01. The predicted octanol–water partition coefficient (Wildman–Crippen LogP) is 3.43. The van der Waals surface area contributed by atoms with Crippen LogP contribution in [0, 0.1) is 29.6 Å². The number of hydrogen-bond donors (Lipinski definition) is 1. The van der Waals surface area contributed by atoms with Crippen LogP contribution in [0.15, 0.2) is 0 Å². The van der Waals surface area contributed by atoms with Gasteiger partial charge in [-0.1, -0.05) is 33.1 Å². The summed E-state index contributed by atoms with van der Waals surface area (Å²) in [5.74, 6) is 4.64. The Labute approximate surface area is 94.8 Å². The third-order valence-electron chi connectivity index (χ3n) is 4.97. The molecule has 2 fully saturated rings. The van der Waals surface area contributed by atoms with Gasteiger partial charge in [0.1, 0.15) is 0 Å². The van der Waals surface area contributed by atoms with Crippen LogP contribution >= 0.6 is 0 Å². The molecule has 4 atom stereocenters. The van der Waals surface area contributed by atoms with E-state index >= 15 is 0 Å². The largest absolute Gasteiger partial charge is 0.330 e. The van der Waals surface area contributed by atoms with Crippen LogP contribution in [0.1, 0.15) is 52.4 Å². The molecule has 0 amide bonds. The van der Waals surface area contributed by atoms with Crippen LogP contribution in [0.2, 0.25) is 0 Å². The van der Waals surface area contributed by atoms with Crippen LogP contribution in [0.25, 0.3) is 0 Å². The fourth-order valence-corrected chi connectivity index (χ4v) is 4.01. The van der Waals surface area contributed by atoms with Crippen molar-refractivity contribution < 1.29 is 0 Å². The summed E-state index contributed by atoms with van der Waals surface area (Å²) in [5.41, 5.74) is 5.96. The van der Waals surface area contributed by atoms with E-state index in [4.69, 9.17) is 5.73 Å². The monoisotopic (exact) mass is 209 g/mol. The van der Waals surface area contributed by atoms with E-state index in [2.05, 4.69) is 13.8 Å². The maximum atomic E-state index is 5.96. The van der Waals surface area contributed by atoms with Gasteiger partial charge in [0.25, 0.3) is 0 Å². The van der Waals surface area contributed by atoms with Crippen LogP contribution in [0.3, 0.4) is 0 Å². The zero-order valence-corrected chi connectivity index (χ0v) is 10.4. The Morgan fingerprint density at radius 3 is 2.33 bits per heavy atom. The van der Waals surface area contributed by atoms with Crippen LogP contribution in [-0.4, -0.2) is 6.54 Å². The van der Waals surface area contributed by atoms with Crippen molar-refractivity contribution >= 4 is 0 Å². The lowest BCUT2D eigenvalue weighted by atomic mass is 9.73. The van der Waals surface area contributed by atoms with Crippen molar-refractivity contribution in [1.82, 2.24) is 0 Å². The quantitative estimate of drug-likeness (QED) is 0.741. The van der Waals surface area contributed by atoms with Crippen LogP contribution in [0.5, 0.6) is 0 Å². The van der Waals surface area contributed by atoms with Gasteiger partial charge in [-0.2, -0.15) is 0 Å². The summed E-state index contributed by atoms with van der Waals surface area (Å²) < 4.78 is 0. The van der Waals surface area contributed by atoms with Gasteiger partial charge in [0, 0.05) is 0 Å². The lowest BCUT2D eigenvalue weighted by molar-refractivity contribution is 0.174. The van der Waals surface area contributed by atoms with Gasteiger partial charge in [-0.25, -0.2) is 0 Å². The van der Waals surface area contributed by atoms with Gasteiger partial charge in [-0.15, -0.1) is 0 Å². The normalized spacial score (nSPS) is 41.6. The van der Waals surface area contributed by atoms with Crippen molar-refractivity contribution in [2.24, 2.45) is 35.3 Å². The number of rotatable bonds is 2. The van der Waals surface area contributed by atoms with Crippen molar-refractivity contribution in [3.05, 3.63) is 0 Å². The Morgan fingerprint density at radius 2 is 1.67 bits per heavy atom. The molecule has 4 unspecified atom stereocenters. The molecule has 0 aliphatic heterocycles. The molecule has 0 heterocycles. The zero-order chi connectivity index (χ0) is 10.8. The summed E-state index contributed by atoms with van der Waals surface area (Å²) in [7, 11) is 0. The van der Waals surface area contributed by atoms with E-state index in [1.807, 2.05) is 0 Å². The molecular formula is C14H27N. The van der Waals surface area contributed by atoms with Crippen molar-refractivity contribution in [3.63, 3.8) is 0 Å². The Balaban J connectivity index is 2.05. The molecule has 0 spiro atoms. The summed E-state index contributed by atoms with van der Waals surface area (Å²) in [5, 5.41) is 0. The molecule has 1 heteroatoms. The highest BCUT2D eigenvalue weighted by Gasteiger charge is 2.34. The first-order valence-electron chi connectivity index (χ1n) is 6.90. The van der Waals surface area contributed by atoms with Crippen molar-refractivity contribution in [2.45, 2.75) is 52.4 Å². The molecule has 2 aliphatic carbocycles. The highest BCUT2D eigenvalue weighted by Crippen LogP contribution is 2.44. The van der Waals surface area contributed by atoms with Crippen molar-refractivity contribution in [2.75, 3.05) is 6.54 Å². The SMILES string of the molecule is CC(C)C1CC2CCC(CCC1CN)C2. The predicted molar refractivity (Wildman–Crippen MR) is 65.6 cm³/mol. The Hall–Kier alpha value is -0.0400. The summed E-state index contributed by atoms with van der Waals surface area (Å²) in [6, 6.07) is 0. The molecule has 0 aromatic rings. The van der Waals surface area contributed by atoms with Gasteiger partial charge in [0.05, 0.1) is 0 Å². The lowest BCUT2D eigenvalue weighted by Gasteiger charge is -2.34. The second kappa shape index (κ2) is 4.86. The molecule has 2 bridgehead atoms. The maximum Gasteiger partial charge on any atom is -0.00461 e. The summed E-state index contributed by atoms with van der Waals surface area (Å²) in [6.45, 7) is 5.70. The maximum absolute atomic E-state index is 5.96. The average Bonchev–Trinajstić information content (AvgIpc) is 2.63. The van der Waals surface area contributed by atoms with Crippen LogP contribution < -0.4 is 5.73 Å². The third kappa shape index (κ3) is 2.55. The van der Waals surface area contributed by atoms with Crippen LogP contribution in [-0.2, 0) is 0 Å². The average molecular weight is 209 g/mol. The van der Waals surface area contributed by atoms with Gasteiger partial charge >= 0.3 is 0 Å². The van der Waals surface area contributed by atoms with Gasteiger partial charge < -0.3 is 5.73 Å². The van der Waals surface area contributed by atoms with Crippen molar-refractivity contribution in [3.8, 4) is 0 Å². The van der Waals surface area contributed by atoms with Crippen molar-refractivity contribution in [1.29, 1.82) is 0 Å². The number of fused-ring (bicyclic) bond motifs is 2. The van der Waals surface area contributed by atoms with E-state index in [0.29, 0.717) is 0 Å². The highest BCUT2D eigenvalue weighted by molar-refractivity contribution is 4.85. The topological polar surface area (TPSA) is 26.0 Å². The number of nitrogens with two attached hydrogens (primary N) is 1. The fraction of sp³-hybridized carbons (Fsp3) is 1.00. The van der Waals surface area contributed by atoms with E-state index in [0.717, 1.165) is 36.1 Å². The molecule has 2 rings (SSSR count). The summed E-state index contributed by atoms with van der Waals surface area (Å²) in [4.78, 5) is 0. The molecule has 0 aromatic heterocycles. The molecule has 2 aliphatic rings. The minimum Gasteiger partial charge on any atom is -0.330 e.